The number of rotatable bonds is 4. The molecule has 2 aliphatic rings. The number of ether oxygens (including phenoxy) is 1. The molecule has 0 aromatic rings. The summed E-state index contributed by atoms with van der Waals surface area (Å²) in [5, 5.41) is 4.77. The van der Waals surface area contributed by atoms with Crippen LogP contribution in [0.3, 0.4) is 0 Å². The number of nitrogens with two attached hydrogens (primary N) is 1. The first-order valence-electron chi connectivity index (χ1n) is 5.13. The molecule has 3 N–H and O–H groups in total. The number of aliphatic imine (C=N–C) groups is 1. The van der Waals surface area contributed by atoms with E-state index in [1.54, 1.807) is 0 Å². The van der Waals surface area contributed by atoms with Gasteiger partial charge in [0, 0.05) is 5.25 Å². The van der Waals surface area contributed by atoms with Crippen LogP contribution in [0.2, 0.25) is 0 Å². The van der Waals surface area contributed by atoms with E-state index in [1.165, 1.54) is 12.8 Å². The minimum absolute atomic E-state index is 0.295. The van der Waals surface area contributed by atoms with Crippen molar-refractivity contribution in [3.8, 4) is 0 Å². The van der Waals surface area contributed by atoms with Gasteiger partial charge in [0.15, 0.2) is 5.17 Å². The first-order valence-corrected chi connectivity index (χ1v) is 6.01. The van der Waals surface area contributed by atoms with E-state index in [9.17, 15) is 4.79 Å². The summed E-state index contributed by atoms with van der Waals surface area (Å²) in [6.07, 6.45) is 1.98. The summed E-state index contributed by atoms with van der Waals surface area (Å²) >= 11 is 1.81. The molecule has 2 rings (SSSR count). The third-order valence-corrected chi connectivity index (χ3v) is 3.78. The molecule has 0 bridgehead atoms. The Bertz CT molecular complexity index is 279. The maximum atomic E-state index is 10.3. The zero-order chi connectivity index (χ0) is 10.7. The molecule has 1 amide bonds. The maximum Gasteiger partial charge on any atom is 0.404 e. The van der Waals surface area contributed by atoms with E-state index in [-0.39, 0.29) is 0 Å². The lowest BCUT2D eigenvalue weighted by Gasteiger charge is -2.07. The van der Waals surface area contributed by atoms with Crippen LogP contribution in [-0.4, -0.2) is 36.2 Å². The molecule has 1 fully saturated rings. The zero-order valence-corrected chi connectivity index (χ0v) is 9.26. The fraction of sp³-hybridized carbons (Fsp3) is 0.778. The van der Waals surface area contributed by atoms with E-state index in [1.807, 2.05) is 11.8 Å². The fourth-order valence-electron chi connectivity index (χ4n) is 1.51. The largest absolute Gasteiger partial charge is 0.448 e. The summed E-state index contributed by atoms with van der Waals surface area (Å²) in [5.41, 5.74) is 4.83. The van der Waals surface area contributed by atoms with E-state index in [4.69, 9.17) is 5.73 Å². The number of hydrogen-bond donors (Lipinski definition) is 2. The van der Waals surface area contributed by atoms with Crippen molar-refractivity contribution < 1.29 is 9.53 Å². The predicted molar refractivity (Wildman–Crippen MR) is 59.9 cm³/mol. The molecular weight excluding hydrogens is 214 g/mol. The van der Waals surface area contributed by atoms with Gasteiger partial charge in [0.25, 0.3) is 0 Å². The second-order valence-corrected chi connectivity index (χ2v) is 4.96. The van der Waals surface area contributed by atoms with Crippen LogP contribution >= 0.6 is 11.8 Å². The van der Waals surface area contributed by atoms with Crippen LogP contribution in [0, 0.1) is 5.92 Å². The van der Waals surface area contributed by atoms with Gasteiger partial charge in [-0.15, -0.1) is 0 Å². The third kappa shape index (κ3) is 3.30. The van der Waals surface area contributed by atoms with Crippen molar-refractivity contribution in [3.05, 3.63) is 0 Å². The van der Waals surface area contributed by atoms with Crippen LogP contribution in [0.5, 0.6) is 0 Å². The van der Waals surface area contributed by atoms with Gasteiger partial charge in [-0.1, -0.05) is 11.8 Å². The molecule has 15 heavy (non-hydrogen) atoms. The molecule has 0 saturated heterocycles. The Morgan fingerprint density at radius 2 is 2.47 bits per heavy atom. The molecule has 1 aliphatic carbocycles. The molecule has 6 heteroatoms. The van der Waals surface area contributed by atoms with Crippen molar-refractivity contribution in [1.29, 1.82) is 0 Å². The molecule has 1 unspecified atom stereocenters. The molecule has 84 valence electrons. The standard InChI is InChI=1S/C9H15N3O2S/c10-8(13)14-4-3-11-9-12-5-7(15-9)6-1-2-6/h6-7H,1-5H2,(H2,10,13)(H,11,12). The Kier molecular flexibility index (Phi) is 3.35. The van der Waals surface area contributed by atoms with Crippen molar-refractivity contribution in [3.63, 3.8) is 0 Å². The summed E-state index contributed by atoms with van der Waals surface area (Å²) in [7, 11) is 0. The topological polar surface area (TPSA) is 76.7 Å². The van der Waals surface area contributed by atoms with Crippen LogP contribution < -0.4 is 11.1 Å². The molecule has 0 spiro atoms. The minimum Gasteiger partial charge on any atom is -0.448 e. The van der Waals surface area contributed by atoms with Crippen LogP contribution in [0.1, 0.15) is 12.8 Å². The van der Waals surface area contributed by atoms with Gasteiger partial charge >= 0.3 is 6.09 Å². The van der Waals surface area contributed by atoms with Crippen LogP contribution in [-0.2, 0) is 4.74 Å². The molecule has 1 saturated carbocycles. The van der Waals surface area contributed by atoms with Crippen LogP contribution in [0.4, 0.5) is 4.79 Å². The number of hydrogen-bond acceptors (Lipinski definition) is 5. The summed E-state index contributed by atoms with van der Waals surface area (Å²) < 4.78 is 4.60. The van der Waals surface area contributed by atoms with Gasteiger partial charge in [0.2, 0.25) is 0 Å². The van der Waals surface area contributed by atoms with Gasteiger partial charge in [-0.2, -0.15) is 0 Å². The van der Waals surface area contributed by atoms with Crippen molar-refractivity contribution in [2.24, 2.45) is 16.6 Å². The minimum atomic E-state index is -0.728. The van der Waals surface area contributed by atoms with Crippen molar-refractivity contribution >= 4 is 23.0 Å². The summed E-state index contributed by atoms with van der Waals surface area (Å²) in [5.74, 6) is 0.875. The van der Waals surface area contributed by atoms with Crippen LogP contribution in [0.15, 0.2) is 4.99 Å². The number of primary amides is 1. The maximum absolute atomic E-state index is 10.3. The highest BCUT2D eigenvalue weighted by Gasteiger charge is 2.35. The molecule has 1 atom stereocenters. The lowest BCUT2D eigenvalue weighted by Crippen LogP contribution is -2.26. The smallest absolute Gasteiger partial charge is 0.404 e. The first-order chi connectivity index (χ1) is 7.25. The Morgan fingerprint density at radius 3 is 3.13 bits per heavy atom. The molecule has 0 aromatic heterocycles. The van der Waals surface area contributed by atoms with E-state index < -0.39 is 6.09 Å². The number of nitrogens with one attached hydrogen (secondary N) is 1. The lowest BCUT2D eigenvalue weighted by molar-refractivity contribution is 0.159. The SMILES string of the molecule is NC(=O)OCCNC1=NCC(C2CC2)S1. The monoisotopic (exact) mass is 229 g/mol. The van der Waals surface area contributed by atoms with E-state index in [2.05, 4.69) is 15.0 Å². The zero-order valence-electron chi connectivity index (χ0n) is 8.44. The van der Waals surface area contributed by atoms with Crippen molar-refractivity contribution in [2.75, 3.05) is 19.7 Å². The van der Waals surface area contributed by atoms with Gasteiger partial charge in [-0.05, 0) is 18.8 Å². The Morgan fingerprint density at radius 1 is 1.67 bits per heavy atom. The summed E-state index contributed by atoms with van der Waals surface area (Å²) in [6, 6.07) is 0. The number of amides is 1. The highest BCUT2D eigenvalue weighted by molar-refractivity contribution is 8.14. The van der Waals surface area contributed by atoms with Gasteiger partial charge in [-0.25, -0.2) is 4.79 Å². The van der Waals surface area contributed by atoms with E-state index in [0.29, 0.717) is 18.4 Å². The van der Waals surface area contributed by atoms with Gasteiger partial charge in [0.1, 0.15) is 6.61 Å². The van der Waals surface area contributed by atoms with Crippen molar-refractivity contribution in [1.82, 2.24) is 5.32 Å². The average molecular weight is 229 g/mol. The lowest BCUT2D eigenvalue weighted by atomic mass is 10.3. The molecule has 1 aliphatic heterocycles. The van der Waals surface area contributed by atoms with Crippen molar-refractivity contribution in [2.45, 2.75) is 18.1 Å². The number of thioether (sulfide) groups is 1. The number of nitrogens with zero attached hydrogens (tertiary/aromatic N) is 1. The summed E-state index contributed by atoms with van der Waals surface area (Å²) in [4.78, 5) is 14.7. The second kappa shape index (κ2) is 4.74. The molecule has 5 nitrogen and oxygen atoms in total. The van der Waals surface area contributed by atoms with E-state index in [0.717, 1.165) is 17.6 Å². The number of carbonyl (C=O) groups is 1. The van der Waals surface area contributed by atoms with Gasteiger partial charge < -0.3 is 15.8 Å². The Balaban J connectivity index is 1.58. The van der Waals surface area contributed by atoms with Crippen LogP contribution in [0.25, 0.3) is 0 Å². The molecule has 0 radical (unpaired) electrons. The Labute approximate surface area is 92.8 Å². The highest BCUT2D eigenvalue weighted by Crippen LogP contribution is 2.41. The normalized spacial score (nSPS) is 24.8. The van der Waals surface area contributed by atoms with Gasteiger partial charge in [-0.3, -0.25) is 4.99 Å². The summed E-state index contributed by atoms with van der Waals surface area (Å²) in [6.45, 7) is 1.80. The number of carbonyl (C=O) groups excluding carboxylic acids is 1. The highest BCUT2D eigenvalue weighted by atomic mass is 32.2. The predicted octanol–water partition coefficient (Wildman–Crippen LogP) is 0.553. The van der Waals surface area contributed by atoms with Gasteiger partial charge in [0.05, 0.1) is 13.1 Å². The molecule has 0 aromatic carbocycles. The second-order valence-electron chi connectivity index (χ2n) is 3.73. The molecule has 1 heterocycles. The molecular formula is C9H15N3O2S. The first kappa shape index (κ1) is 10.6. The van der Waals surface area contributed by atoms with E-state index >= 15 is 0 Å². The number of amidine groups is 1. The fourth-order valence-corrected chi connectivity index (χ4v) is 2.75. The average Bonchev–Trinajstić information content (AvgIpc) is 2.94. The Hall–Kier alpha value is -0.910. The quantitative estimate of drug-likeness (QED) is 0.690. The third-order valence-electron chi connectivity index (χ3n) is 2.45.